The maximum Gasteiger partial charge on any atom is 0.419 e. The van der Waals surface area contributed by atoms with Gasteiger partial charge >= 0.3 is 24.2 Å². The van der Waals surface area contributed by atoms with Crippen LogP contribution in [-0.4, -0.2) is 11.8 Å². The number of halogens is 7. The third kappa shape index (κ3) is 2.69. The lowest BCUT2D eigenvalue weighted by atomic mass is 10.0. The number of amides is 2. The minimum atomic E-state index is -5.21. The fourth-order valence-electron chi connectivity index (χ4n) is 1.65. The summed E-state index contributed by atoms with van der Waals surface area (Å²) in [6.07, 6.45) is -10.3. The predicted molar refractivity (Wildman–Crippen MR) is 59.6 cm³/mol. The second-order valence-electron chi connectivity index (χ2n) is 3.88. The Morgan fingerprint density at radius 2 is 1.62 bits per heavy atom. The zero-order valence-electron chi connectivity index (χ0n) is 9.49. The smallest absolute Gasteiger partial charge is 0.316 e. The molecule has 0 saturated carbocycles. The van der Waals surface area contributed by atoms with Crippen molar-refractivity contribution in [1.29, 1.82) is 0 Å². The quantitative estimate of drug-likeness (QED) is 0.559. The third-order valence-electron chi connectivity index (χ3n) is 2.48. The highest BCUT2D eigenvalue weighted by molar-refractivity contribution is 9.10. The Balaban J connectivity index is 2.82. The van der Waals surface area contributed by atoms with E-state index in [1.807, 2.05) is 0 Å². The van der Waals surface area contributed by atoms with Crippen LogP contribution in [0, 0.1) is 0 Å². The van der Waals surface area contributed by atoms with E-state index >= 15 is 0 Å². The maximum atomic E-state index is 12.9. The number of anilines is 1. The highest BCUT2D eigenvalue weighted by Crippen LogP contribution is 2.49. The minimum Gasteiger partial charge on any atom is -0.316 e. The lowest BCUT2D eigenvalue weighted by Crippen LogP contribution is -2.35. The van der Waals surface area contributed by atoms with Gasteiger partial charge in [-0.1, -0.05) is 0 Å². The van der Waals surface area contributed by atoms with E-state index in [0.717, 1.165) is 0 Å². The summed E-state index contributed by atoms with van der Waals surface area (Å²) in [4.78, 5) is 22.1. The van der Waals surface area contributed by atoms with Crippen molar-refractivity contribution in [1.82, 2.24) is 5.32 Å². The molecule has 0 aliphatic carbocycles. The molecule has 1 N–H and O–H groups in total. The summed E-state index contributed by atoms with van der Waals surface area (Å²) in [6.45, 7) is 0. The number of nitrogens with one attached hydrogen (secondary N) is 1. The molecular weight excluding hydrogens is 374 g/mol. The number of benzene rings is 1. The van der Waals surface area contributed by atoms with Gasteiger partial charge in [0, 0.05) is 4.47 Å². The monoisotopic (exact) mass is 375 g/mol. The Hall–Kier alpha value is -1.78. The van der Waals surface area contributed by atoms with Crippen LogP contribution >= 0.6 is 15.9 Å². The largest absolute Gasteiger partial charge is 0.419 e. The zero-order chi connectivity index (χ0) is 16.2. The molecule has 0 unspecified atom stereocenters. The average molecular weight is 376 g/mol. The molecule has 1 aliphatic heterocycles. The van der Waals surface area contributed by atoms with E-state index in [9.17, 15) is 35.9 Å². The molecule has 1 aromatic rings. The molecule has 0 spiro atoms. The summed E-state index contributed by atoms with van der Waals surface area (Å²) >= 11 is 2.24. The normalized spacial score (nSPS) is 15.4. The van der Waals surface area contributed by atoms with Crippen LogP contribution in [0.25, 0.3) is 0 Å². The van der Waals surface area contributed by atoms with Crippen LogP contribution in [0.3, 0.4) is 0 Å². The predicted octanol–water partition coefficient (Wildman–Crippen LogP) is 3.20. The molecule has 11 heteroatoms. The van der Waals surface area contributed by atoms with Crippen molar-refractivity contribution in [3.05, 3.63) is 21.7 Å². The van der Waals surface area contributed by atoms with Gasteiger partial charge < -0.3 is 5.32 Å². The second-order valence-corrected chi connectivity index (χ2v) is 4.67. The molecule has 113 valence electrons. The molecule has 0 saturated heterocycles. The molecule has 0 atom stereocenters. The third-order valence-corrected chi connectivity index (χ3v) is 3.30. The number of nitrogens with zero attached hydrogens (tertiary/aromatic N) is 1. The van der Waals surface area contributed by atoms with Crippen molar-refractivity contribution in [2.24, 2.45) is 0 Å². The van der Waals surface area contributed by atoms with Gasteiger partial charge in [0.2, 0.25) is 0 Å². The number of rotatable bonds is 0. The summed E-state index contributed by atoms with van der Waals surface area (Å²) in [6, 6.07) is 0.280. The van der Waals surface area contributed by atoms with Crippen LogP contribution < -0.4 is 10.6 Å². The Morgan fingerprint density at radius 3 is 2.10 bits per heavy atom. The second kappa shape index (κ2) is 4.61. The summed E-state index contributed by atoms with van der Waals surface area (Å²) in [5.74, 6) is -2.94. The van der Waals surface area contributed by atoms with E-state index < -0.39 is 51.1 Å². The van der Waals surface area contributed by atoms with Gasteiger partial charge in [0.15, 0.2) is 0 Å². The number of hydrogen-bond acceptors (Lipinski definition) is 2. The number of hydrogen-bond donors (Lipinski definition) is 1. The molecule has 0 bridgehead atoms. The zero-order valence-corrected chi connectivity index (χ0v) is 11.1. The molecule has 1 aliphatic rings. The first-order valence-corrected chi connectivity index (χ1v) is 5.80. The Morgan fingerprint density at radius 1 is 1.05 bits per heavy atom. The SMILES string of the molecule is O=C1[N]c2c(cc(C(F)(F)F)c(Br)c2C(F)(F)F)NC1=O. The molecule has 4 nitrogen and oxygen atoms in total. The Labute approximate surface area is 120 Å². The van der Waals surface area contributed by atoms with E-state index in [2.05, 4.69) is 21.2 Å². The van der Waals surface area contributed by atoms with E-state index in [4.69, 9.17) is 0 Å². The number of carbonyl (C=O) groups excluding carboxylic acids is 2. The maximum absolute atomic E-state index is 12.9. The first kappa shape index (κ1) is 15.6. The van der Waals surface area contributed by atoms with Crippen molar-refractivity contribution < 1.29 is 35.9 Å². The van der Waals surface area contributed by atoms with Crippen LogP contribution in [0.5, 0.6) is 0 Å². The molecule has 0 fully saturated rings. The van der Waals surface area contributed by atoms with Gasteiger partial charge in [-0.15, -0.1) is 0 Å². The summed E-state index contributed by atoms with van der Waals surface area (Å²) < 4.78 is 75.8. The lowest BCUT2D eigenvalue weighted by Gasteiger charge is -2.23. The molecule has 0 aromatic heterocycles. The van der Waals surface area contributed by atoms with Gasteiger partial charge in [0.05, 0.1) is 16.8 Å². The fraction of sp³-hybridized carbons (Fsp3) is 0.200. The van der Waals surface area contributed by atoms with Crippen molar-refractivity contribution in [2.75, 3.05) is 5.32 Å². The van der Waals surface area contributed by atoms with E-state index in [0.29, 0.717) is 0 Å². The van der Waals surface area contributed by atoms with Gasteiger partial charge in [-0.2, -0.15) is 26.3 Å². The first-order chi connectivity index (χ1) is 9.43. The van der Waals surface area contributed by atoms with Crippen LogP contribution in [0.1, 0.15) is 11.1 Å². The fourth-order valence-corrected chi connectivity index (χ4v) is 2.41. The molecule has 2 rings (SSSR count). The van der Waals surface area contributed by atoms with Crippen LogP contribution in [0.4, 0.5) is 37.7 Å². The van der Waals surface area contributed by atoms with Crippen LogP contribution in [0.15, 0.2) is 10.5 Å². The van der Waals surface area contributed by atoms with Crippen LogP contribution in [0.2, 0.25) is 0 Å². The Kier molecular flexibility index (Phi) is 3.43. The molecule has 2 amide bonds. The lowest BCUT2D eigenvalue weighted by molar-refractivity contribution is -0.144. The number of carbonyl (C=O) groups is 2. The highest BCUT2D eigenvalue weighted by atomic mass is 79.9. The van der Waals surface area contributed by atoms with Crippen molar-refractivity contribution in [3.8, 4) is 0 Å². The topological polar surface area (TPSA) is 60.3 Å². The molecule has 1 aromatic carbocycles. The van der Waals surface area contributed by atoms with Crippen molar-refractivity contribution in [3.63, 3.8) is 0 Å². The van der Waals surface area contributed by atoms with Gasteiger partial charge in [-0.05, 0) is 22.0 Å². The standard InChI is InChI=1S/C10H2BrF6N2O2/c11-5-2(9(12,13)14)1-3-6(4(5)10(15,16)17)19-8(21)7(20)18-3/h1H,(H,18,20). The van der Waals surface area contributed by atoms with Gasteiger partial charge in [-0.25, -0.2) is 5.32 Å². The molecular formula is C10H2BrF6N2O2. The molecule has 1 heterocycles. The van der Waals surface area contributed by atoms with E-state index in [1.54, 1.807) is 5.32 Å². The average Bonchev–Trinajstić information content (AvgIpc) is 2.27. The minimum absolute atomic E-state index is 0.280. The van der Waals surface area contributed by atoms with E-state index in [-0.39, 0.29) is 6.07 Å². The first-order valence-electron chi connectivity index (χ1n) is 5.01. The highest BCUT2D eigenvalue weighted by Gasteiger charge is 2.45. The van der Waals surface area contributed by atoms with Gasteiger partial charge in [-0.3, -0.25) is 9.59 Å². The molecule has 21 heavy (non-hydrogen) atoms. The summed E-state index contributed by atoms with van der Waals surface area (Å²) in [7, 11) is 0. The van der Waals surface area contributed by atoms with Crippen LogP contribution in [-0.2, 0) is 21.9 Å². The number of fused-ring (bicyclic) bond motifs is 1. The summed E-state index contributed by atoms with van der Waals surface area (Å²) in [5, 5.41) is 4.57. The van der Waals surface area contributed by atoms with Gasteiger partial charge in [0.25, 0.3) is 0 Å². The summed E-state index contributed by atoms with van der Waals surface area (Å²) in [5.41, 5.74) is -5.31. The Bertz CT molecular complexity index is 652. The van der Waals surface area contributed by atoms with Gasteiger partial charge in [0.1, 0.15) is 5.69 Å². The number of alkyl halides is 6. The van der Waals surface area contributed by atoms with E-state index in [1.165, 1.54) is 0 Å². The van der Waals surface area contributed by atoms with Crippen molar-refractivity contribution in [2.45, 2.75) is 12.4 Å². The van der Waals surface area contributed by atoms with Crippen molar-refractivity contribution >= 4 is 39.1 Å². The molecule has 1 radical (unpaired) electrons.